The van der Waals surface area contributed by atoms with Crippen LogP contribution < -0.4 is 15.5 Å². The van der Waals surface area contributed by atoms with Crippen LogP contribution in [0.5, 0.6) is 0 Å². The van der Waals surface area contributed by atoms with Crippen LogP contribution in [0.3, 0.4) is 0 Å². The number of nitrogens with zero attached hydrogens (tertiary/aromatic N) is 6. The first-order chi connectivity index (χ1) is 19.0. The quantitative estimate of drug-likeness (QED) is 0.314. The summed E-state index contributed by atoms with van der Waals surface area (Å²) in [6, 6.07) is 10.2. The van der Waals surface area contributed by atoms with Crippen LogP contribution in [0.25, 0.3) is 17.0 Å². The van der Waals surface area contributed by atoms with Gasteiger partial charge < -0.3 is 20.3 Å². The zero-order valence-corrected chi connectivity index (χ0v) is 21.4. The van der Waals surface area contributed by atoms with Gasteiger partial charge in [-0.25, -0.2) is 13.8 Å². The van der Waals surface area contributed by atoms with E-state index in [0.29, 0.717) is 42.4 Å². The minimum atomic E-state index is -0.981. The van der Waals surface area contributed by atoms with E-state index in [4.69, 9.17) is 4.74 Å². The molecule has 3 heterocycles. The molecule has 10 nitrogen and oxygen atoms in total. The van der Waals surface area contributed by atoms with Gasteiger partial charge in [0.2, 0.25) is 5.91 Å². The zero-order chi connectivity index (χ0) is 27.4. The fraction of sp³-hybridized carbons (Fsp3) is 0.259. The van der Waals surface area contributed by atoms with E-state index in [0.717, 1.165) is 19.6 Å². The highest BCUT2D eigenvalue weighted by Gasteiger charge is 2.23. The molecular weight excluding hydrogens is 506 g/mol. The first-order valence-electron chi connectivity index (χ1n) is 12.4. The van der Waals surface area contributed by atoms with E-state index >= 15 is 8.78 Å². The van der Waals surface area contributed by atoms with E-state index in [1.807, 2.05) is 11.0 Å². The Labute approximate surface area is 223 Å². The lowest BCUT2D eigenvalue weighted by atomic mass is 10.2. The van der Waals surface area contributed by atoms with Crippen LogP contribution in [-0.2, 0) is 9.53 Å². The van der Waals surface area contributed by atoms with Gasteiger partial charge in [-0.15, -0.1) is 10.2 Å². The molecule has 1 saturated heterocycles. The van der Waals surface area contributed by atoms with Gasteiger partial charge in [0, 0.05) is 51.1 Å². The third-order valence-corrected chi connectivity index (χ3v) is 6.52. The third-order valence-electron chi connectivity index (χ3n) is 6.52. The second-order valence-electron chi connectivity index (χ2n) is 9.01. The topological polar surface area (TPSA) is 99.9 Å². The molecule has 4 aromatic rings. The molecule has 0 saturated carbocycles. The molecule has 39 heavy (non-hydrogen) atoms. The van der Waals surface area contributed by atoms with Gasteiger partial charge in [-0.3, -0.25) is 14.1 Å². The van der Waals surface area contributed by atoms with Crippen molar-refractivity contribution in [3.8, 4) is 11.4 Å². The van der Waals surface area contributed by atoms with Gasteiger partial charge >= 0.3 is 0 Å². The van der Waals surface area contributed by atoms with Crippen LogP contribution in [-0.4, -0.2) is 76.8 Å². The first-order valence-corrected chi connectivity index (χ1v) is 12.4. The van der Waals surface area contributed by atoms with Gasteiger partial charge in [0.15, 0.2) is 23.1 Å². The molecule has 0 atom stereocenters. The Morgan fingerprint density at radius 3 is 2.72 bits per heavy atom. The Morgan fingerprint density at radius 2 is 1.95 bits per heavy atom. The lowest BCUT2D eigenvalue weighted by Gasteiger charge is -2.36. The fourth-order valence-corrected chi connectivity index (χ4v) is 4.44. The number of carbonyl (C=O) groups is 1. The number of rotatable bonds is 9. The molecule has 0 aliphatic carbocycles. The average molecular weight is 535 g/mol. The number of hydrogen-bond acceptors (Lipinski definition) is 8. The van der Waals surface area contributed by atoms with Crippen molar-refractivity contribution in [2.45, 2.75) is 0 Å². The van der Waals surface area contributed by atoms with Crippen LogP contribution in [0.2, 0.25) is 0 Å². The van der Waals surface area contributed by atoms with Crippen LogP contribution in [0.1, 0.15) is 0 Å². The van der Waals surface area contributed by atoms with Crippen LogP contribution in [0.15, 0.2) is 61.4 Å². The minimum Gasteiger partial charge on any atom is -0.383 e. The monoisotopic (exact) mass is 534 g/mol. The number of methoxy groups -OCH3 is 1. The molecule has 2 aromatic carbocycles. The summed E-state index contributed by atoms with van der Waals surface area (Å²) in [6.45, 7) is 7.60. The van der Waals surface area contributed by atoms with E-state index in [1.165, 1.54) is 18.3 Å². The second kappa shape index (κ2) is 11.5. The molecule has 0 unspecified atom stereocenters. The summed E-state index contributed by atoms with van der Waals surface area (Å²) >= 11 is 0. The SMILES string of the molecule is C=CC(=O)Nc1cccc(-c2nnc3cnc(Nc4ccc(N5CCN(CCOC)CC5)c(F)c4F)cn23)c1. The number of nitrogens with one attached hydrogen (secondary N) is 2. The molecule has 1 amide bonds. The number of aromatic nitrogens is 4. The van der Waals surface area contributed by atoms with Crippen molar-refractivity contribution in [1.82, 2.24) is 24.5 Å². The van der Waals surface area contributed by atoms with Gasteiger partial charge in [0.25, 0.3) is 0 Å². The van der Waals surface area contributed by atoms with E-state index in [2.05, 4.69) is 37.3 Å². The van der Waals surface area contributed by atoms with Crippen LogP contribution in [0.4, 0.5) is 31.7 Å². The van der Waals surface area contributed by atoms with Gasteiger partial charge in [0.05, 0.1) is 30.4 Å². The van der Waals surface area contributed by atoms with Crippen molar-refractivity contribution in [1.29, 1.82) is 0 Å². The molecule has 0 bridgehead atoms. The maximum Gasteiger partial charge on any atom is 0.247 e. The predicted molar refractivity (Wildman–Crippen MR) is 145 cm³/mol. The molecule has 202 valence electrons. The summed E-state index contributed by atoms with van der Waals surface area (Å²) in [5.41, 5.74) is 1.91. The van der Waals surface area contributed by atoms with Crippen LogP contribution in [0, 0.1) is 11.6 Å². The molecule has 1 aliphatic rings. The van der Waals surface area contributed by atoms with E-state index in [1.54, 1.807) is 42.0 Å². The first kappa shape index (κ1) is 26.2. The third kappa shape index (κ3) is 5.71. The van der Waals surface area contributed by atoms with Crippen molar-refractivity contribution in [3.63, 3.8) is 0 Å². The Morgan fingerprint density at radius 1 is 1.13 bits per heavy atom. The number of fused-ring (bicyclic) bond motifs is 1. The molecule has 5 rings (SSSR count). The zero-order valence-electron chi connectivity index (χ0n) is 21.4. The van der Waals surface area contributed by atoms with E-state index in [-0.39, 0.29) is 23.1 Å². The highest BCUT2D eigenvalue weighted by molar-refractivity contribution is 5.99. The summed E-state index contributed by atoms with van der Waals surface area (Å²) in [7, 11) is 1.66. The smallest absolute Gasteiger partial charge is 0.247 e. The summed E-state index contributed by atoms with van der Waals surface area (Å²) in [5.74, 6) is -1.46. The summed E-state index contributed by atoms with van der Waals surface area (Å²) < 4.78 is 37.0. The minimum absolute atomic E-state index is 0.0365. The molecule has 1 aliphatic heterocycles. The summed E-state index contributed by atoms with van der Waals surface area (Å²) in [6.07, 6.45) is 4.26. The second-order valence-corrected chi connectivity index (χ2v) is 9.01. The largest absolute Gasteiger partial charge is 0.383 e. The number of hydrogen-bond donors (Lipinski definition) is 2. The number of piperazine rings is 1. The fourth-order valence-electron chi connectivity index (χ4n) is 4.44. The maximum absolute atomic E-state index is 15.1. The molecule has 0 radical (unpaired) electrons. The molecular formula is C27H28F2N8O2. The van der Waals surface area contributed by atoms with E-state index in [9.17, 15) is 4.79 Å². The van der Waals surface area contributed by atoms with Crippen molar-refractivity contribution < 1.29 is 18.3 Å². The highest BCUT2D eigenvalue weighted by Crippen LogP contribution is 2.30. The number of carbonyl (C=O) groups excluding carboxylic acids is 1. The van der Waals surface area contributed by atoms with Crippen molar-refractivity contribution in [2.75, 3.05) is 62.0 Å². The van der Waals surface area contributed by atoms with E-state index < -0.39 is 11.6 Å². The van der Waals surface area contributed by atoms with Gasteiger partial charge in [-0.2, -0.15) is 0 Å². The number of benzene rings is 2. The number of halogens is 2. The lowest BCUT2D eigenvalue weighted by molar-refractivity contribution is -0.111. The van der Waals surface area contributed by atoms with Crippen molar-refractivity contribution in [3.05, 3.63) is 73.1 Å². The average Bonchev–Trinajstić information content (AvgIpc) is 3.38. The summed E-state index contributed by atoms with van der Waals surface area (Å²) in [4.78, 5) is 20.0. The molecule has 0 spiro atoms. The normalized spacial score (nSPS) is 14.0. The van der Waals surface area contributed by atoms with Crippen molar-refractivity contribution in [2.24, 2.45) is 0 Å². The number of anilines is 4. The maximum atomic E-state index is 15.1. The molecule has 1 fully saturated rings. The molecule has 2 aromatic heterocycles. The standard InChI is InChI=1S/C27H28F2N8O2/c1-3-24(38)31-19-6-4-5-18(15-19)27-34-33-23-16-30-22(17-37(23)27)32-20-7-8-21(26(29)25(20)28)36-11-9-35(10-12-36)13-14-39-2/h3-8,15-17,32H,1,9-14H2,2H3,(H,31,38). The highest BCUT2D eigenvalue weighted by atomic mass is 19.2. The Balaban J connectivity index is 1.35. The number of amides is 1. The lowest BCUT2D eigenvalue weighted by Crippen LogP contribution is -2.47. The molecule has 12 heteroatoms. The Hall–Kier alpha value is -4.42. The van der Waals surface area contributed by atoms with Gasteiger partial charge in [0.1, 0.15) is 5.82 Å². The van der Waals surface area contributed by atoms with Gasteiger partial charge in [-0.05, 0) is 30.3 Å². The predicted octanol–water partition coefficient (Wildman–Crippen LogP) is 3.71. The van der Waals surface area contributed by atoms with Crippen molar-refractivity contribution >= 4 is 34.4 Å². The summed E-state index contributed by atoms with van der Waals surface area (Å²) in [5, 5.41) is 13.9. The Kier molecular flexibility index (Phi) is 7.75. The number of ether oxygens (including phenoxy) is 1. The van der Waals surface area contributed by atoms with Gasteiger partial charge in [-0.1, -0.05) is 18.7 Å². The van der Waals surface area contributed by atoms with Crippen LogP contribution >= 0.6 is 0 Å². The molecule has 2 N–H and O–H groups in total. The Bertz CT molecular complexity index is 1500.